The molecule has 0 unspecified atom stereocenters. The summed E-state index contributed by atoms with van der Waals surface area (Å²) in [4.78, 5) is 23.9. The molecule has 1 aromatic carbocycles. The second-order valence-corrected chi connectivity index (χ2v) is 11.8. The molecular weight excluding hydrogens is 350 g/mol. The largest absolute Gasteiger partial charge is 0.464 e. The van der Waals surface area contributed by atoms with E-state index in [4.69, 9.17) is 4.52 Å². The summed E-state index contributed by atoms with van der Waals surface area (Å²) >= 11 is 0. The summed E-state index contributed by atoms with van der Waals surface area (Å²) in [7, 11) is -0.340. The summed E-state index contributed by atoms with van der Waals surface area (Å²) in [6, 6.07) is 11.8. The van der Waals surface area contributed by atoms with Crippen molar-refractivity contribution >= 4 is 19.4 Å². The zero-order valence-electron chi connectivity index (χ0n) is 15.0. The maximum atomic E-state index is 12.2. The molecule has 2 heterocycles. The van der Waals surface area contributed by atoms with Crippen molar-refractivity contribution in [1.82, 2.24) is 14.9 Å². The van der Waals surface area contributed by atoms with E-state index in [-0.39, 0.29) is 11.3 Å². The highest BCUT2D eigenvalue weighted by Crippen LogP contribution is 2.20. The van der Waals surface area contributed by atoms with Gasteiger partial charge in [-0.3, -0.25) is 4.79 Å². The van der Waals surface area contributed by atoms with Gasteiger partial charge in [-0.05, 0) is 18.2 Å². The van der Waals surface area contributed by atoms with E-state index in [9.17, 15) is 9.59 Å². The van der Waals surface area contributed by atoms with Crippen LogP contribution in [0.2, 0.25) is 19.6 Å². The number of benzene rings is 1. The summed E-state index contributed by atoms with van der Waals surface area (Å²) < 4.78 is 11.3. The molecule has 0 atom stereocenters. The molecule has 8 heteroatoms. The van der Waals surface area contributed by atoms with Crippen LogP contribution in [0.5, 0.6) is 0 Å². The molecule has 0 radical (unpaired) electrons. The van der Waals surface area contributed by atoms with E-state index < -0.39 is 14.0 Å². The van der Waals surface area contributed by atoms with Gasteiger partial charge in [0.05, 0.1) is 12.8 Å². The third-order valence-electron chi connectivity index (χ3n) is 3.83. The molecule has 3 rings (SSSR count). The first-order valence-corrected chi connectivity index (χ1v) is 11.6. The fraction of sp³-hybridized carbons (Fsp3) is 0.222. The van der Waals surface area contributed by atoms with E-state index in [1.54, 1.807) is 18.2 Å². The Morgan fingerprint density at radius 3 is 2.58 bits per heavy atom. The van der Waals surface area contributed by atoms with Crippen molar-refractivity contribution in [3.63, 3.8) is 0 Å². The van der Waals surface area contributed by atoms with Crippen molar-refractivity contribution in [3.05, 3.63) is 58.5 Å². The number of nitrogens with zero attached hydrogens (tertiary/aromatic N) is 3. The van der Waals surface area contributed by atoms with Gasteiger partial charge in [-0.25, -0.2) is 4.79 Å². The molecule has 134 valence electrons. The molecule has 26 heavy (non-hydrogen) atoms. The Morgan fingerprint density at radius 2 is 1.92 bits per heavy atom. The zero-order chi connectivity index (χ0) is 18.9. The van der Waals surface area contributed by atoms with E-state index in [1.807, 2.05) is 12.1 Å². The average Bonchev–Trinajstić information content (AvgIpc) is 3.12. The lowest BCUT2D eigenvalue weighted by molar-refractivity contribution is 0.0591. The fourth-order valence-electron chi connectivity index (χ4n) is 2.37. The number of methoxy groups -OCH3 is 1. The predicted octanol–water partition coefficient (Wildman–Crippen LogP) is 2.22. The second-order valence-electron chi connectivity index (χ2n) is 6.84. The molecule has 0 spiro atoms. The highest BCUT2D eigenvalue weighted by Gasteiger charge is 2.22. The number of aromatic nitrogens is 3. The van der Waals surface area contributed by atoms with Crippen LogP contribution in [-0.4, -0.2) is 36.1 Å². The van der Waals surface area contributed by atoms with Crippen LogP contribution < -0.4 is 10.9 Å². The van der Waals surface area contributed by atoms with Crippen LogP contribution in [0.1, 0.15) is 10.5 Å². The van der Waals surface area contributed by atoms with Crippen LogP contribution in [0.25, 0.3) is 16.9 Å². The van der Waals surface area contributed by atoms with Crippen molar-refractivity contribution in [1.29, 1.82) is 0 Å². The summed E-state index contributed by atoms with van der Waals surface area (Å²) in [6.07, 6.45) is 0. The van der Waals surface area contributed by atoms with Gasteiger partial charge in [0.15, 0.2) is 5.69 Å². The van der Waals surface area contributed by atoms with Gasteiger partial charge in [-0.15, -0.1) is 0 Å². The smallest absolute Gasteiger partial charge is 0.358 e. The zero-order valence-corrected chi connectivity index (χ0v) is 16.0. The van der Waals surface area contributed by atoms with Gasteiger partial charge in [0.2, 0.25) is 0 Å². The Bertz CT molecular complexity index is 1020. The number of hydrogen-bond acceptors (Lipinski definition) is 6. The number of esters is 1. The number of ether oxygens (including phenoxy) is 1. The molecule has 0 amide bonds. The van der Waals surface area contributed by atoms with E-state index in [0.29, 0.717) is 11.4 Å². The molecule has 0 bridgehead atoms. The number of carbonyl (C=O) groups is 1. The lowest BCUT2D eigenvalue weighted by atomic mass is 10.1. The Hall–Kier alpha value is -3.00. The second kappa shape index (κ2) is 6.72. The molecule has 0 aliphatic carbocycles. The Morgan fingerprint density at radius 1 is 1.15 bits per heavy atom. The van der Waals surface area contributed by atoms with Crippen molar-refractivity contribution in [2.24, 2.45) is 0 Å². The van der Waals surface area contributed by atoms with Crippen molar-refractivity contribution < 1.29 is 14.1 Å². The minimum absolute atomic E-state index is 0.0555. The SMILES string of the molecule is COC(=O)c1ccc(=O)n(-c2cccc(-c3cc([Si](C)(C)C)on3)c2)n1. The van der Waals surface area contributed by atoms with Gasteiger partial charge in [0, 0.05) is 17.7 Å². The summed E-state index contributed by atoms with van der Waals surface area (Å²) in [5, 5.41) is 9.14. The topological polar surface area (TPSA) is 87.2 Å². The average molecular weight is 369 g/mol. The minimum Gasteiger partial charge on any atom is -0.464 e. The van der Waals surface area contributed by atoms with Gasteiger partial charge in [-0.2, -0.15) is 9.78 Å². The number of hydrogen-bond donors (Lipinski definition) is 0. The van der Waals surface area contributed by atoms with Gasteiger partial charge < -0.3 is 9.26 Å². The van der Waals surface area contributed by atoms with Crippen molar-refractivity contribution in [2.45, 2.75) is 19.6 Å². The van der Waals surface area contributed by atoms with Gasteiger partial charge >= 0.3 is 5.97 Å². The van der Waals surface area contributed by atoms with Gasteiger partial charge in [0.1, 0.15) is 19.2 Å². The van der Waals surface area contributed by atoms with Gasteiger partial charge in [-0.1, -0.05) is 36.9 Å². The molecule has 3 aromatic rings. The van der Waals surface area contributed by atoms with Crippen LogP contribution in [0, 0.1) is 0 Å². The molecule has 0 aliphatic heterocycles. The van der Waals surface area contributed by atoms with Crippen LogP contribution in [0.4, 0.5) is 0 Å². The molecule has 7 nitrogen and oxygen atoms in total. The van der Waals surface area contributed by atoms with E-state index in [2.05, 4.69) is 34.6 Å². The molecule has 0 saturated heterocycles. The Kier molecular flexibility index (Phi) is 4.60. The van der Waals surface area contributed by atoms with Crippen LogP contribution in [0.15, 0.2) is 51.8 Å². The summed E-state index contributed by atoms with van der Waals surface area (Å²) in [5.41, 5.74) is 1.72. The lowest BCUT2D eigenvalue weighted by Gasteiger charge is -2.09. The first-order chi connectivity index (χ1) is 12.3. The molecule has 2 aromatic heterocycles. The highest BCUT2D eigenvalue weighted by molar-refractivity contribution is 6.87. The van der Waals surface area contributed by atoms with Crippen molar-refractivity contribution in [3.8, 4) is 16.9 Å². The molecule has 0 N–H and O–H groups in total. The minimum atomic E-state index is -1.60. The monoisotopic (exact) mass is 369 g/mol. The Balaban J connectivity index is 2.04. The summed E-state index contributed by atoms with van der Waals surface area (Å²) in [5.74, 6) is -0.605. The predicted molar refractivity (Wildman–Crippen MR) is 99.7 cm³/mol. The van der Waals surface area contributed by atoms with Crippen LogP contribution in [0.3, 0.4) is 0 Å². The maximum absolute atomic E-state index is 12.2. The third-order valence-corrected chi connectivity index (χ3v) is 5.54. The molecule has 0 aliphatic rings. The maximum Gasteiger partial charge on any atom is 0.358 e. The van der Waals surface area contributed by atoms with Crippen LogP contribution in [-0.2, 0) is 4.74 Å². The molecule has 0 fully saturated rings. The summed E-state index contributed by atoms with van der Waals surface area (Å²) in [6.45, 7) is 6.53. The quantitative estimate of drug-likeness (QED) is 0.518. The third kappa shape index (κ3) is 3.50. The van der Waals surface area contributed by atoms with E-state index >= 15 is 0 Å². The normalized spacial score (nSPS) is 11.4. The first kappa shape index (κ1) is 17.8. The van der Waals surface area contributed by atoms with Crippen LogP contribution >= 0.6 is 0 Å². The first-order valence-electron chi connectivity index (χ1n) is 8.06. The highest BCUT2D eigenvalue weighted by atomic mass is 28.3. The lowest BCUT2D eigenvalue weighted by Crippen LogP contribution is -2.36. The van der Waals surface area contributed by atoms with E-state index in [1.165, 1.54) is 19.2 Å². The van der Waals surface area contributed by atoms with Gasteiger partial charge in [0.25, 0.3) is 5.56 Å². The molecular formula is C18H19N3O4Si. The van der Waals surface area contributed by atoms with Crippen molar-refractivity contribution in [2.75, 3.05) is 7.11 Å². The van der Waals surface area contributed by atoms with E-state index in [0.717, 1.165) is 15.6 Å². The fourth-order valence-corrected chi connectivity index (χ4v) is 3.26. The number of carbonyl (C=O) groups excluding carboxylic acids is 1. The standard InChI is InChI=1S/C18H19N3O4Si/c1-24-18(23)14-8-9-16(22)21(19-14)13-7-5-6-12(10-13)15-11-17(25-20-15)26(2,3)4/h5-11H,1-4H3. The molecule has 0 saturated carbocycles. The number of rotatable bonds is 4. The Labute approximate surface area is 151 Å².